The Kier molecular flexibility index (Phi) is 14.1. The van der Waals surface area contributed by atoms with Crippen LogP contribution >= 0.6 is 11.8 Å². The molecule has 0 saturated carbocycles. The molecule has 0 fully saturated rings. The fraction of sp³-hybridized carbons (Fsp3) is 0.552. The molecule has 0 aliphatic rings. The van der Waals surface area contributed by atoms with Gasteiger partial charge in [0, 0.05) is 29.5 Å². The highest BCUT2D eigenvalue weighted by atomic mass is 32.2. The number of ether oxygens (including phenoxy) is 1. The molecule has 0 aromatic heterocycles. The van der Waals surface area contributed by atoms with Crippen molar-refractivity contribution in [2.24, 2.45) is 0 Å². The zero-order chi connectivity index (χ0) is 33.0. The van der Waals surface area contributed by atoms with E-state index >= 15 is 0 Å². The van der Waals surface area contributed by atoms with Gasteiger partial charge in [0.25, 0.3) is 17.1 Å². The fourth-order valence-corrected chi connectivity index (χ4v) is 5.84. The summed E-state index contributed by atoms with van der Waals surface area (Å²) >= 11 is 0.306. The third kappa shape index (κ3) is 9.96. The highest BCUT2D eigenvalue weighted by Crippen LogP contribution is 2.45. The summed E-state index contributed by atoms with van der Waals surface area (Å²) in [6, 6.07) is 3.81. The summed E-state index contributed by atoms with van der Waals surface area (Å²) in [6.45, 7) is 7.56. The molecule has 0 N–H and O–H groups in total. The maximum absolute atomic E-state index is 13.3. The summed E-state index contributed by atoms with van der Waals surface area (Å²) < 4.78 is 5.49. The number of benzene rings is 2. The molecule has 0 aliphatic heterocycles. The number of hydrogen-bond acceptors (Lipinski definition) is 11. The largest absolute Gasteiger partial charge is 0.410 e. The van der Waals surface area contributed by atoms with Gasteiger partial charge in [-0.15, -0.1) is 0 Å². The number of carbonyl (C=O) groups excluding carboxylic acids is 1. The zero-order valence-corrected chi connectivity index (χ0v) is 26.1. The lowest BCUT2D eigenvalue weighted by Gasteiger charge is -2.18. The maximum Gasteiger partial charge on any atom is 0.378 e. The van der Waals surface area contributed by atoms with Crippen molar-refractivity contribution in [1.29, 1.82) is 0 Å². The van der Waals surface area contributed by atoms with Crippen molar-refractivity contribution in [3.8, 4) is 5.75 Å². The fourth-order valence-electron chi connectivity index (χ4n) is 4.93. The molecular weight excluding hydrogens is 596 g/mol. The number of thioether (sulfide) groups is 1. The summed E-state index contributed by atoms with van der Waals surface area (Å²) in [7, 11) is 0. The van der Waals surface area contributed by atoms with Crippen molar-refractivity contribution in [1.82, 2.24) is 0 Å². The first-order valence-corrected chi connectivity index (χ1v) is 15.5. The van der Waals surface area contributed by atoms with Crippen LogP contribution in [0, 0.1) is 40.5 Å². The summed E-state index contributed by atoms with van der Waals surface area (Å²) in [5.41, 5.74) is -2.18. The summed E-state index contributed by atoms with van der Waals surface area (Å²) in [6.07, 6.45) is 8.24. The minimum atomic E-state index is -1.15. The number of carbonyl (C=O) groups is 1. The van der Waals surface area contributed by atoms with Crippen molar-refractivity contribution in [3.63, 3.8) is 0 Å². The van der Waals surface area contributed by atoms with Gasteiger partial charge in [0.05, 0.1) is 31.8 Å². The predicted octanol–water partition coefficient (Wildman–Crippen LogP) is 9.76. The highest BCUT2D eigenvalue weighted by molar-refractivity contribution is 8.13. The molecule has 0 heterocycles. The van der Waals surface area contributed by atoms with E-state index in [0.29, 0.717) is 30.7 Å². The highest BCUT2D eigenvalue weighted by Gasteiger charge is 2.33. The van der Waals surface area contributed by atoms with Gasteiger partial charge in [0.2, 0.25) is 5.75 Å². The molecule has 2 unspecified atom stereocenters. The zero-order valence-electron chi connectivity index (χ0n) is 25.3. The number of unbranched alkanes of at least 4 members (excludes halogenated alkanes) is 6. The van der Waals surface area contributed by atoms with Crippen LogP contribution in [0.5, 0.6) is 5.75 Å². The number of nitrogens with zero attached hydrogens (tertiary/aromatic N) is 4. The van der Waals surface area contributed by atoms with Crippen LogP contribution in [0.3, 0.4) is 0 Å². The van der Waals surface area contributed by atoms with E-state index in [1.807, 2.05) is 13.8 Å². The third-order valence-corrected chi connectivity index (χ3v) is 8.29. The van der Waals surface area contributed by atoms with Gasteiger partial charge in [-0.2, -0.15) is 0 Å². The number of nitro groups is 4. The predicted molar refractivity (Wildman–Crippen MR) is 166 cm³/mol. The van der Waals surface area contributed by atoms with Crippen LogP contribution in [0.1, 0.15) is 115 Å². The monoisotopic (exact) mass is 634 g/mol. The molecule has 0 saturated heterocycles. The second-order valence-electron chi connectivity index (χ2n) is 10.7. The number of hydrogen-bond donors (Lipinski definition) is 0. The van der Waals surface area contributed by atoms with Gasteiger partial charge in [0.15, 0.2) is 0 Å². The Balaban J connectivity index is 2.58. The quantitative estimate of drug-likeness (QED) is 0.0496. The number of nitro benzene ring substituents is 4. The Morgan fingerprint density at radius 2 is 1.14 bits per heavy atom. The average Bonchev–Trinajstić information content (AvgIpc) is 2.96. The Hall–Kier alpha value is -4.14. The molecule has 2 atom stereocenters. The third-order valence-electron chi connectivity index (χ3n) is 7.39. The summed E-state index contributed by atoms with van der Waals surface area (Å²) in [5.74, 6) is -1.32. The van der Waals surface area contributed by atoms with E-state index < -0.39 is 65.3 Å². The van der Waals surface area contributed by atoms with Gasteiger partial charge in [-0.05, 0) is 30.2 Å². The van der Waals surface area contributed by atoms with Crippen molar-refractivity contribution < 1.29 is 29.2 Å². The molecule has 0 radical (unpaired) electrons. The minimum absolute atomic E-state index is 0.0964. The van der Waals surface area contributed by atoms with Crippen LogP contribution in [0.15, 0.2) is 29.2 Å². The van der Waals surface area contributed by atoms with Gasteiger partial charge < -0.3 is 4.74 Å². The molecule has 0 amide bonds. The Morgan fingerprint density at radius 1 is 0.682 bits per heavy atom. The first kappa shape index (κ1) is 36.1. The maximum atomic E-state index is 13.3. The lowest BCUT2D eigenvalue weighted by molar-refractivity contribution is -0.396. The molecule has 240 valence electrons. The molecular formula is C29H38N4O10S. The van der Waals surface area contributed by atoms with Gasteiger partial charge in [-0.1, -0.05) is 79.1 Å². The Morgan fingerprint density at radius 3 is 1.59 bits per heavy atom. The topological polar surface area (TPSA) is 199 Å². The Labute approximate surface area is 259 Å². The van der Waals surface area contributed by atoms with E-state index in [9.17, 15) is 45.3 Å². The molecule has 2 rings (SSSR count). The van der Waals surface area contributed by atoms with Crippen molar-refractivity contribution in [2.75, 3.05) is 0 Å². The van der Waals surface area contributed by atoms with Crippen LogP contribution in [-0.2, 0) is 0 Å². The first-order valence-electron chi connectivity index (χ1n) is 14.6. The van der Waals surface area contributed by atoms with Crippen LogP contribution in [0.2, 0.25) is 0 Å². The van der Waals surface area contributed by atoms with Crippen LogP contribution in [0.25, 0.3) is 0 Å². The van der Waals surface area contributed by atoms with Crippen LogP contribution < -0.4 is 4.74 Å². The van der Waals surface area contributed by atoms with Gasteiger partial charge in [-0.25, -0.2) is 4.79 Å². The van der Waals surface area contributed by atoms with E-state index in [-0.39, 0.29) is 16.0 Å². The first-order chi connectivity index (χ1) is 20.8. The van der Waals surface area contributed by atoms with Crippen molar-refractivity contribution >= 4 is 39.8 Å². The van der Waals surface area contributed by atoms with E-state index in [2.05, 4.69) is 0 Å². The summed E-state index contributed by atoms with van der Waals surface area (Å²) in [5, 5.41) is 46.0. The molecule has 0 aliphatic carbocycles. The molecule has 14 nitrogen and oxygen atoms in total. The molecule has 15 heteroatoms. The lowest BCUT2D eigenvalue weighted by Crippen LogP contribution is -2.10. The second kappa shape index (κ2) is 17.2. The SMILES string of the molecule is CCCCCCC(C)c1cc([N+](=O)[O-])cc([N+](=O)[O-])c1OC(=O)Sc1c(C(C)CCCCCC)cc([N+](=O)[O-])cc1[N+](=O)[O-]. The van der Waals surface area contributed by atoms with Gasteiger partial charge in [0.1, 0.15) is 4.90 Å². The van der Waals surface area contributed by atoms with Crippen LogP contribution in [0.4, 0.5) is 27.5 Å². The molecule has 2 aromatic carbocycles. The smallest absolute Gasteiger partial charge is 0.378 e. The normalized spacial score (nSPS) is 12.4. The summed E-state index contributed by atoms with van der Waals surface area (Å²) in [4.78, 5) is 57.1. The van der Waals surface area contributed by atoms with E-state index in [0.717, 1.165) is 63.5 Å². The van der Waals surface area contributed by atoms with Crippen LogP contribution in [-0.4, -0.2) is 25.0 Å². The second-order valence-corrected chi connectivity index (χ2v) is 11.7. The molecule has 44 heavy (non-hydrogen) atoms. The number of rotatable bonds is 18. The standard InChI is InChI=1S/C29H38N4O10S/c1-5-7-9-11-13-19(3)23-15-21(30(35)36)17-25(32(39)40)27(23)43-29(34)44-28-24(20(4)14-12-10-8-6-2)16-22(31(37)38)18-26(28)33(41)42/h15-20H,5-14H2,1-4H3. The van der Waals surface area contributed by atoms with Gasteiger partial charge >= 0.3 is 11.0 Å². The lowest BCUT2D eigenvalue weighted by atomic mass is 9.93. The molecule has 0 spiro atoms. The number of non-ortho nitro benzene ring substituents is 2. The molecule has 2 aromatic rings. The van der Waals surface area contributed by atoms with Crippen molar-refractivity contribution in [2.45, 2.75) is 109 Å². The van der Waals surface area contributed by atoms with E-state index in [4.69, 9.17) is 4.74 Å². The average molecular weight is 635 g/mol. The van der Waals surface area contributed by atoms with E-state index in [1.165, 1.54) is 6.07 Å². The minimum Gasteiger partial charge on any atom is -0.410 e. The van der Waals surface area contributed by atoms with E-state index in [1.54, 1.807) is 13.8 Å². The van der Waals surface area contributed by atoms with Crippen molar-refractivity contribution in [3.05, 3.63) is 75.8 Å². The Bertz CT molecular complexity index is 1280. The van der Waals surface area contributed by atoms with Gasteiger partial charge in [-0.3, -0.25) is 40.5 Å². The molecule has 0 bridgehead atoms.